The van der Waals surface area contributed by atoms with E-state index in [4.69, 9.17) is 0 Å². The van der Waals surface area contributed by atoms with Crippen molar-refractivity contribution in [2.45, 2.75) is 40.0 Å². The third kappa shape index (κ3) is 6.70. The van der Waals surface area contributed by atoms with E-state index >= 15 is 0 Å². The molecule has 0 rings (SSSR count). The molecule has 0 aromatic carbocycles. The number of carbonyl (C=O) groups is 1. The quantitative estimate of drug-likeness (QED) is 0.621. The first-order chi connectivity index (χ1) is 6.43. The third-order valence-electron chi connectivity index (χ3n) is 2.23. The Bertz CT molecular complexity index is 202. The third-order valence-corrected chi connectivity index (χ3v) is 2.23. The van der Waals surface area contributed by atoms with Crippen LogP contribution < -0.4 is 0 Å². The molecule has 0 aromatic rings. The highest BCUT2D eigenvalue weighted by molar-refractivity contribution is 5.75. The molecule has 0 aromatic heterocycles. The lowest BCUT2D eigenvalue weighted by atomic mass is 10.0. The SMILES string of the molecule is CC(C)=CCC[C@H](C)CC(=O)N(C)C. The maximum Gasteiger partial charge on any atom is 0.222 e. The molecule has 14 heavy (non-hydrogen) atoms. The number of hydrogen-bond acceptors (Lipinski definition) is 1. The highest BCUT2D eigenvalue weighted by Crippen LogP contribution is 2.12. The molecule has 0 aliphatic carbocycles. The van der Waals surface area contributed by atoms with Gasteiger partial charge in [-0.05, 0) is 32.6 Å². The lowest BCUT2D eigenvalue weighted by Gasteiger charge is -2.14. The lowest BCUT2D eigenvalue weighted by Crippen LogP contribution is -2.23. The summed E-state index contributed by atoms with van der Waals surface area (Å²) >= 11 is 0. The molecule has 0 N–H and O–H groups in total. The molecule has 1 atom stereocenters. The van der Waals surface area contributed by atoms with E-state index in [-0.39, 0.29) is 5.91 Å². The van der Waals surface area contributed by atoms with E-state index in [9.17, 15) is 4.79 Å². The lowest BCUT2D eigenvalue weighted by molar-refractivity contribution is -0.129. The fourth-order valence-corrected chi connectivity index (χ4v) is 1.24. The van der Waals surface area contributed by atoms with Gasteiger partial charge in [0, 0.05) is 20.5 Å². The van der Waals surface area contributed by atoms with Crippen LogP contribution in [0, 0.1) is 5.92 Å². The zero-order valence-corrected chi connectivity index (χ0v) is 10.1. The van der Waals surface area contributed by atoms with E-state index in [1.54, 1.807) is 4.90 Å². The summed E-state index contributed by atoms with van der Waals surface area (Å²) in [5.74, 6) is 0.718. The number of amides is 1. The molecule has 2 heteroatoms. The van der Waals surface area contributed by atoms with Gasteiger partial charge in [0.1, 0.15) is 0 Å². The van der Waals surface area contributed by atoms with Gasteiger partial charge in [0.15, 0.2) is 0 Å². The van der Waals surface area contributed by atoms with Crippen molar-refractivity contribution in [1.82, 2.24) is 4.90 Å². The van der Waals surface area contributed by atoms with E-state index < -0.39 is 0 Å². The summed E-state index contributed by atoms with van der Waals surface area (Å²) in [5.41, 5.74) is 1.36. The van der Waals surface area contributed by atoms with Crippen LogP contribution in [0.3, 0.4) is 0 Å². The minimum Gasteiger partial charge on any atom is -0.349 e. The number of nitrogens with zero attached hydrogens (tertiary/aromatic N) is 1. The van der Waals surface area contributed by atoms with Gasteiger partial charge in [0.2, 0.25) is 5.91 Å². The van der Waals surface area contributed by atoms with Crippen molar-refractivity contribution in [3.8, 4) is 0 Å². The van der Waals surface area contributed by atoms with Gasteiger partial charge >= 0.3 is 0 Å². The molecule has 0 unspecified atom stereocenters. The van der Waals surface area contributed by atoms with Crippen LogP contribution in [0.1, 0.15) is 40.0 Å². The first-order valence-corrected chi connectivity index (χ1v) is 5.27. The smallest absolute Gasteiger partial charge is 0.222 e. The molecule has 0 bridgehead atoms. The summed E-state index contributed by atoms with van der Waals surface area (Å²) in [4.78, 5) is 13.0. The minimum absolute atomic E-state index is 0.231. The summed E-state index contributed by atoms with van der Waals surface area (Å²) in [6.45, 7) is 6.35. The molecule has 0 aliphatic rings. The molecule has 1 amide bonds. The Morgan fingerprint density at radius 1 is 1.36 bits per heavy atom. The van der Waals surface area contributed by atoms with Gasteiger partial charge in [0.25, 0.3) is 0 Å². The summed E-state index contributed by atoms with van der Waals surface area (Å²) in [6.07, 6.45) is 5.09. The molecule has 0 saturated carbocycles. The average Bonchev–Trinajstić information content (AvgIpc) is 2.02. The molecular weight excluding hydrogens is 174 g/mol. The zero-order valence-electron chi connectivity index (χ0n) is 10.1. The fraction of sp³-hybridized carbons (Fsp3) is 0.750. The topological polar surface area (TPSA) is 20.3 Å². The van der Waals surface area contributed by atoms with Crippen LogP contribution in [0.2, 0.25) is 0 Å². The molecule has 0 radical (unpaired) electrons. The Labute approximate surface area is 88.0 Å². The number of carbonyl (C=O) groups excluding carboxylic acids is 1. The van der Waals surface area contributed by atoms with Crippen molar-refractivity contribution in [3.05, 3.63) is 11.6 Å². The van der Waals surface area contributed by atoms with Gasteiger partial charge in [-0.2, -0.15) is 0 Å². The van der Waals surface area contributed by atoms with Gasteiger partial charge in [-0.3, -0.25) is 4.79 Å². The van der Waals surface area contributed by atoms with E-state index in [0.717, 1.165) is 12.8 Å². The van der Waals surface area contributed by atoms with Crippen LogP contribution in [0.15, 0.2) is 11.6 Å². The second-order valence-electron chi connectivity index (χ2n) is 4.46. The first-order valence-electron chi connectivity index (χ1n) is 5.27. The van der Waals surface area contributed by atoms with Crippen molar-refractivity contribution in [1.29, 1.82) is 0 Å². The average molecular weight is 197 g/mol. The Morgan fingerprint density at radius 3 is 2.36 bits per heavy atom. The van der Waals surface area contributed by atoms with Crippen molar-refractivity contribution in [3.63, 3.8) is 0 Å². The van der Waals surface area contributed by atoms with Crippen molar-refractivity contribution >= 4 is 5.91 Å². The highest BCUT2D eigenvalue weighted by Gasteiger charge is 2.09. The van der Waals surface area contributed by atoms with Crippen LogP contribution in [0.4, 0.5) is 0 Å². The Hall–Kier alpha value is -0.790. The second kappa shape index (κ2) is 6.63. The molecule has 82 valence electrons. The Balaban J connectivity index is 3.71. The Kier molecular flexibility index (Phi) is 6.26. The van der Waals surface area contributed by atoms with Gasteiger partial charge < -0.3 is 4.90 Å². The number of allylic oxidation sites excluding steroid dienone is 2. The Morgan fingerprint density at radius 2 is 1.93 bits per heavy atom. The molecule has 0 saturated heterocycles. The first kappa shape index (κ1) is 13.2. The maximum atomic E-state index is 11.4. The normalized spacial score (nSPS) is 12.1. The fourth-order valence-electron chi connectivity index (χ4n) is 1.24. The van der Waals surface area contributed by atoms with Crippen molar-refractivity contribution < 1.29 is 4.79 Å². The van der Waals surface area contributed by atoms with Gasteiger partial charge in [-0.25, -0.2) is 0 Å². The minimum atomic E-state index is 0.231. The molecule has 0 heterocycles. The summed E-state index contributed by atoms with van der Waals surface area (Å²) in [6, 6.07) is 0. The number of rotatable bonds is 5. The molecule has 0 spiro atoms. The second-order valence-corrected chi connectivity index (χ2v) is 4.46. The monoisotopic (exact) mass is 197 g/mol. The molecule has 2 nitrogen and oxygen atoms in total. The standard InChI is InChI=1S/C12H23NO/c1-10(2)7-6-8-11(3)9-12(14)13(4)5/h7,11H,6,8-9H2,1-5H3/t11-/m0/s1. The van der Waals surface area contributed by atoms with E-state index in [1.165, 1.54) is 5.57 Å². The van der Waals surface area contributed by atoms with E-state index in [2.05, 4.69) is 26.8 Å². The van der Waals surface area contributed by atoms with Crippen LogP contribution in [-0.4, -0.2) is 24.9 Å². The zero-order chi connectivity index (χ0) is 11.1. The summed E-state index contributed by atoms with van der Waals surface area (Å²) in [5, 5.41) is 0. The predicted octanol–water partition coefficient (Wildman–Crippen LogP) is 2.85. The molecule has 0 fully saturated rings. The summed E-state index contributed by atoms with van der Waals surface area (Å²) < 4.78 is 0. The number of hydrogen-bond donors (Lipinski definition) is 0. The van der Waals surface area contributed by atoms with E-state index in [0.29, 0.717) is 12.3 Å². The maximum absolute atomic E-state index is 11.4. The van der Waals surface area contributed by atoms with Crippen molar-refractivity contribution in [2.24, 2.45) is 5.92 Å². The summed E-state index contributed by atoms with van der Waals surface area (Å²) in [7, 11) is 3.62. The molecule has 0 aliphatic heterocycles. The van der Waals surface area contributed by atoms with Crippen LogP contribution in [-0.2, 0) is 4.79 Å². The van der Waals surface area contributed by atoms with Gasteiger partial charge in [-0.15, -0.1) is 0 Å². The van der Waals surface area contributed by atoms with Crippen LogP contribution in [0.25, 0.3) is 0 Å². The highest BCUT2D eigenvalue weighted by atomic mass is 16.2. The predicted molar refractivity (Wildman–Crippen MR) is 61.1 cm³/mol. The van der Waals surface area contributed by atoms with Crippen molar-refractivity contribution in [2.75, 3.05) is 14.1 Å². The van der Waals surface area contributed by atoms with E-state index in [1.807, 2.05) is 14.1 Å². The van der Waals surface area contributed by atoms with Crippen LogP contribution in [0.5, 0.6) is 0 Å². The molecular formula is C12H23NO. The van der Waals surface area contributed by atoms with Gasteiger partial charge in [-0.1, -0.05) is 18.6 Å². The largest absolute Gasteiger partial charge is 0.349 e. The van der Waals surface area contributed by atoms with Crippen LogP contribution >= 0.6 is 0 Å². The van der Waals surface area contributed by atoms with Gasteiger partial charge in [0.05, 0.1) is 0 Å².